The topological polar surface area (TPSA) is 52.2 Å². The Balaban J connectivity index is 1.86. The zero-order valence-electron chi connectivity index (χ0n) is 15.9. The Labute approximate surface area is 150 Å². The maximum Gasteiger partial charge on any atom is 0.230 e. The molecule has 0 bridgehead atoms. The highest BCUT2D eigenvalue weighted by Crippen LogP contribution is 2.33. The molecule has 2 aromatic heterocycles. The molecule has 3 rings (SSSR count). The van der Waals surface area contributed by atoms with Crippen LogP contribution in [-0.2, 0) is 4.79 Å². The lowest BCUT2D eigenvalue weighted by atomic mass is 9.90. The van der Waals surface area contributed by atoms with Gasteiger partial charge in [-0.25, -0.2) is 4.98 Å². The van der Waals surface area contributed by atoms with Crippen molar-refractivity contribution in [1.82, 2.24) is 14.9 Å². The minimum absolute atomic E-state index is 0.0200. The molecule has 0 saturated carbocycles. The number of carbonyl (C=O) groups excluding carboxylic acids is 1. The number of likely N-dealkylation sites (tertiary alicyclic amines) is 1. The van der Waals surface area contributed by atoms with Crippen molar-refractivity contribution < 1.29 is 4.79 Å². The molecule has 3 heterocycles. The molecule has 0 aliphatic carbocycles. The average molecular weight is 342 g/mol. The first-order chi connectivity index (χ1) is 12.0. The van der Waals surface area contributed by atoms with Crippen LogP contribution in [0.2, 0.25) is 0 Å². The number of hydrogen-bond donors (Lipinski definition) is 1. The van der Waals surface area contributed by atoms with E-state index in [0.29, 0.717) is 5.92 Å². The number of hydrogen-bond acceptors (Lipinski definition) is 3. The first kappa shape index (κ1) is 17.9. The first-order valence-corrected chi connectivity index (χ1v) is 9.53. The highest BCUT2D eigenvalue weighted by Gasteiger charge is 2.24. The van der Waals surface area contributed by atoms with Crippen molar-refractivity contribution in [2.45, 2.75) is 46.0 Å². The molecule has 5 heteroatoms. The fourth-order valence-corrected chi connectivity index (χ4v) is 3.69. The Morgan fingerprint density at radius 1 is 1.36 bits per heavy atom. The summed E-state index contributed by atoms with van der Waals surface area (Å²) in [5.41, 5.74) is 3.38. The van der Waals surface area contributed by atoms with Crippen molar-refractivity contribution in [1.29, 1.82) is 0 Å². The van der Waals surface area contributed by atoms with Crippen molar-refractivity contribution in [3.05, 3.63) is 23.9 Å². The number of aromatic amines is 1. The van der Waals surface area contributed by atoms with Crippen LogP contribution in [0.3, 0.4) is 0 Å². The SMILES string of the molecule is CCC(C)C(=O)N(C)c1ccc2[nH]cc(C3CCN(CC)CC3)c2n1. The molecule has 1 unspecified atom stereocenters. The maximum atomic E-state index is 12.5. The second kappa shape index (κ2) is 7.56. The largest absolute Gasteiger partial charge is 0.360 e. The summed E-state index contributed by atoms with van der Waals surface area (Å²) in [5.74, 6) is 1.44. The van der Waals surface area contributed by atoms with E-state index in [4.69, 9.17) is 4.98 Å². The Hall–Kier alpha value is -1.88. The van der Waals surface area contributed by atoms with Gasteiger partial charge in [0.05, 0.1) is 11.0 Å². The predicted molar refractivity (Wildman–Crippen MR) is 103 cm³/mol. The van der Waals surface area contributed by atoms with Crippen LogP contribution in [0.15, 0.2) is 18.3 Å². The first-order valence-electron chi connectivity index (χ1n) is 9.53. The van der Waals surface area contributed by atoms with Crippen molar-refractivity contribution in [3.8, 4) is 0 Å². The smallest absolute Gasteiger partial charge is 0.230 e. The van der Waals surface area contributed by atoms with Gasteiger partial charge in [-0.2, -0.15) is 0 Å². The number of aromatic nitrogens is 2. The molecule has 1 fully saturated rings. The Bertz CT molecular complexity index is 730. The molecule has 136 valence electrons. The van der Waals surface area contributed by atoms with Gasteiger partial charge in [-0.15, -0.1) is 0 Å². The standard InChI is InChI=1S/C20H30N4O/c1-5-14(3)20(25)23(4)18-8-7-17-19(22-18)16(13-21-17)15-9-11-24(6-2)12-10-15/h7-8,13-15,21H,5-6,9-12H2,1-4H3. The van der Waals surface area contributed by atoms with Crippen molar-refractivity contribution in [3.63, 3.8) is 0 Å². The van der Waals surface area contributed by atoms with Crippen LogP contribution in [-0.4, -0.2) is 47.5 Å². The molecule has 1 aliphatic rings. The van der Waals surface area contributed by atoms with E-state index in [9.17, 15) is 4.79 Å². The lowest BCUT2D eigenvalue weighted by Crippen LogP contribution is -2.32. The molecule has 2 aromatic rings. The number of amides is 1. The summed E-state index contributed by atoms with van der Waals surface area (Å²) in [6, 6.07) is 3.98. The summed E-state index contributed by atoms with van der Waals surface area (Å²) in [6.45, 7) is 9.68. The quantitative estimate of drug-likeness (QED) is 0.900. The maximum absolute atomic E-state index is 12.5. The Kier molecular flexibility index (Phi) is 5.42. The molecule has 25 heavy (non-hydrogen) atoms. The summed E-state index contributed by atoms with van der Waals surface area (Å²) < 4.78 is 0. The molecule has 1 aliphatic heterocycles. The van der Waals surface area contributed by atoms with Gasteiger partial charge in [0.2, 0.25) is 5.91 Å². The van der Waals surface area contributed by atoms with Crippen LogP contribution in [0.25, 0.3) is 11.0 Å². The van der Waals surface area contributed by atoms with E-state index in [0.717, 1.165) is 42.9 Å². The molecule has 0 spiro atoms. The number of nitrogens with zero attached hydrogens (tertiary/aromatic N) is 3. The van der Waals surface area contributed by atoms with E-state index in [1.807, 2.05) is 33.0 Å². The number of fused-ring (bicyclic) bond motifs is 1. The second-order valence-electron chi connectivity index (χ2n) is 7.22. The van der Waals surface area contributed by atoms with Crippen molar-refractivity contribution in [2.24, 2.45) is 5.92 Å². The number of anilines is 1. The monoisotopic (exact) mass is 342 g/mol. The third-order valence-corrected chi connectivity index (χ3v) is 5.72. The summed E-state index contributed by atoms with van der Waals surface area (Å²) in [6.07, 6.45) is 5.31. The van der Waals surface area contributed by atoms with Gasteiger partial charge < -0.3 is 9.88 Å². The van der Waals surface area contributed by atoms with Crippen molar-refractivity contribution in [2.75, 3.05) is 31.6 Å². The molecule has 1 amide bonds. The molecular weight excluding hydrogens is 312 g/mol. The van der Waals surface area contributed by atoms with Crippen LogP contribution in [0, 0.1) is 5.92 Å². The van der Waals surface area contributed by atoms with Gasteiger partial charge in [-0.3, -0.25) is 9.69 Å². The summed E-state index contributed by atoms with van der Waals surface area (Å²) in [4.78, 5) is 24.9. The molecule has 1 N–H and O–H groups in total. The number of nitrogens with one attached hydrogen (secondary N) is 1. The lowest BCUT2D eigenvalue weighted by molar-refractivity contribution is -0.121. The minimum atomic E-state index is 0.0200. The lowest BCUT2D eigenvalue weighted by Gasteiger charge is -2.30. The van der Waals surface area contributed by atoms with Gasteiger partial charge in [0, 0.05) is 19.2 Å². The van der Waals surface area contributed by atoms with Crippen LogP contribution in [0.1, 0.15) is 51.5 Å². The fraction of sp³-hybridized carbons (Fsp3) is 0.600. The highest BCUT2D eigenvalue weighted by molar-refractivity contribution is 5.94. The molecular formula is C20H30N4O. The van der Waals surface area contributed by atoms with Gasteiger partial charge in [-0.05, 0) is 62.5 Å². The molecule has 1 atom stereocenters. The van der Waals surface area contributed by atoms with Crippen LogP contribution >= 0.6 is 0 Å². The van der Waals surface area contributed by atoms with Crippen LogP contribution in [0.4, 0.5) is 5.82 Å². The number of pyridine rings is 1. The molecule has 0 aromatic carbocycles. The summed E-state index contributed by atoms with van der Waals surface area (Å²) in [7, 11) is 1.83. The third-order valence-electron chi connectivity index (χ3n) is 5.72. The van der Waals surface area contributed by atoms with Gasteiger partial charge in [-0.1, -0.05) is 20.8 Å². The normalized spacial score (nSPS) is 17.8. The second-order valence-corrected chi connectivity index (χ2v) is 7.22. The number of carbonyl (C=O) groups is 1. The number of piperidine rings is 1. The van der Waals surface area contributed by atoms with Gasteiger partial charge >= 0.3 is 0 Å². The average Bonchev–Trinajstić information content (AvgIpc) is 3.09. The van der Waals surface area contributed by atoms with E-state index in [1.54, 1.807) is 4.90 Å². The number of rotatable bonds is 5. The Morgan fingerprint density at radius 3 is 2.72 bits per heavy atom. The zero-order valence-corrected chi connectivity index (χ0v) is 15.9. The number of H-pyrrole nitrogens is 1. The van der Waals surface area contributed by atoms with E-state index in [-0.39, 0.29) is 11.8 Å². The van der Waals surface area contributed by atoms with Crippen LogP contribution in [0.5, 0.6) is 0 Å². The fourth-order valence-electron chi connectivity index (χ4n) is 3.69. The summed E-state index contributed by atoms with van der Waals surface area (Å²) >= 11 is 0. The van der Waals surface area contributed by atoms with E-state index in [2.05, 4.69) is 23.0 Å². The minimum Gasteiger partial charge on any atom is -0.360 e. The summed E-state index contributed by atoms with van der Waals surface area (Å²) in [5, 5.41) is 0. The molecule has 5 nitrogen and oxygen atoms in total. The highest BCUT2D eigenvalue weighted by atomic mass is 16.2. The zero-order chi connectivity index (χ0) is 18.0. The molecule has 0 radical (unpaired) electrons. The van der Waals surface area contributed by atoms with E-state index < -0.39 is 0 Å². The van der Waals surface area contributed by atoms with Gasteiger partial charge in [0.25, 0.3) is 0 Å². The van der Waals surface area contributed by atoms with Crippen LogP contribution < -0.4 is 4.90 Å². The van der Waals surface area contributed by atoms with Crippen molar-refractivity contribution >= 4 is 22.8 Å². The molecule has 1 saturated heterocycles. The third kappa shape index (κ3) is 3.56. The van der Waals surface area contributed by atoms with E-state index in [1.165, 1.54) is 18.4 Å². The Morgan fingerprint density at radius 2 is 2.08 bits per heavy atom. The van der Waals surface area contributed by atoms with Gasteiger partial charge in [0.15, 0.2) is 0 Å². The predicted octanol–water partition coefficient (Wildman–Crippen LogP) is 3.77. The van der Waals surface area contributed by atoms with Gasteiger partial charge in [0.1, 0.15) is 5.82 Å². The van der Waals surface area contributed by atoms with E-state index >= 15 is 0 Å².